The van der Waals surface area contributed by atoms with E-state index in [1.54, 1.807) is 62.4 Å². The van der Waals surface area contributed by atoms with Gasteiger partial charge < -0.3 is 19.9 Å². The van der Waals surface area contributed by atoms with Gasteiger partial charge in [0, 0.05) is 43.3 Å². The average Bonchev–Trinajstić information content (AvgIpc) is 3.29. The Balaban J connectivity index is 1.65. The van der Waals surface area contributed by atoms with Crippen molar-refractivity contribution >= 4 is 40.6 Å². The van der Waals surface area contributed by atoms with Gasteiger partial charge in [-0.2, -0.15) is 0 Å². The van der Waals surface area contributed by atoms with Crippen molar-refractivity contribution in [1.82, 2.24) is 14.8 Å². The molecule has 0 fully saturated rings. The van der Waals surface area contributed by atoms with Crippen LogP contribution in [-0.2, 0) is 17.7 Å². The first kappa shape index (κ1) is 30.7. The smallest absolute Gasteiger partial charge is 0.412 e. The molecule has 3 rings (SSSR count). The molecule has 11 heteroatoms. The fourth-order valence-electron chi connectivity index (χ4n) is 3.65. The van der Waals surface area contributed by atoms with Crippen LogP contribution in [0.1, 0.15) is 48.0 Å². The van der Waals surface area contributed by atoms with Crippen molar-refractivity contribution in [3.05, 3.63) is 75.5 Å². The minimum Gasteiger partial charge on any atom is -0.444 e. The maximum absolute atomic E-state index is 13.6. The number of carbonyl (C=O) groups excluding carboxylic acids is 3. The van der Waals surface area contributed by atoms with E-state index in [4.69, 9.17) is 4.74 Å². The third kappa shape index (κ3) is 9.42. The fourth-order valence-corrected chi connectivity index (χ4v) is 4.44. The molecule has 40 heavy (non-hydrogen) atoms. The van der Waals surface area contributed by atoms with Crippen LogP contribution in [0.15, 0.2) is 47.3 Å². The molecular weight excluding hydrogens is 533 g/mol. The highest BCUT2D eigenvalue weighted by Crippen LogP contribution is 2.24. The molecule has 0 aliphatic rings. The lowest BCUT2D eigenvalue weighted by Crippen LogP contribution is -2.39. The topological polar surface area (TPSA) is 104 Å². The van der Waals surface area contributed by atoms with Crippen LogP contribution < -0.4 is 10.6 Å². The monoisotopic (exact) mass is 569 g/mol. The SMILES string of the molecule is Cc1cc(NC(=O)N(CCN(C)C)Cc2ccc(C(=O)Cc3cscc3NC(=O)OC(C)(C)C)nc2)ccc1F. The highest BCUT2D eigenvalue weighted by molar-refractivity contribution is 7.08. The van der Waals surface area contributed by atoms with E-state index in [1.807, 2.05) is 24.4 Å². The standard InChI is InChI=1S/C29H36FN5O4S/c1-19-13-22(8-9-23(19)30)32-27(37)35(12-11-34(5)6)16-20-7-10-24(31-15-20)26(36)14-21-17-40-18-25(21)33-28(38)39-29(2,3)4/h7-10,13,15,17-18H,11-12,14,16H2,1-6H3,(H,32,37)(H,33,38). The van der Waals surface area contributed by atoms with E-state index in [1.165, 1.54) is 23.5 Å². The average molecular weight is 570 g/mol. The first-order valence-electron chi connectivity index (χ1n) is 12.8. The molecule has 0 spiro atoms. The van der Waals surface area contributed by atoms with Gasteiger partial charge in [0.25, 0.3) is 0 Å². The number of aromatic nitrogens is 1. The summed E-state index contributed by atoms with van der Waals surface area (Å²) in [4.78, 5) is 46.1. The molecule has 0 bridgehead atoms. The van der Waals surface area contributed by atoms with Gasteiger partial charge in [0.15, 0.2) is 5.78 Å². The van der Waals surface area contributed by atoms with Crippen LogP contribution >= 0.6 is 11.3 Å². The molecule has 0 saturated heterocycles. The maximum atomic E-state index is 13.6. The van der Waals surface area contributed by atoms with Crippen LogP contribution in [0.2, 0.25) is 0 Å². The van der Waals surface area contributed by atoms with Gasteiger partial charge in [-0.05, 0) is 88.1 Å². The number of ether oxygens (including phenoxy) is 1. The Bertz CT molecular complexity index is 1330. The molecule has 214 valence electrons. The van der Waals surface area contributed by atoms with E-state index in [2.05, 4.69) is 15.6 Å². The van der Waals surface area contributed by atoms with Gasteiger partial charge in [-0.1, -0.05) is 6.07 Å². The van der Waals surface area contributed by atoms with Crippen LogP contribution in [-0.4, -0.2) is 65.5 Å². The van der Waals surface area contributed by atoms with Crippen molar-refractivity contribution in [2.45, 2.75) is 46.3 Å². The minimum absolute atomic E-state index is 0.0649. The highest BCUT2D eigenvalue weighted by atomic mass is 32.1. The Labute approximate surface area is 238 Å². The summed E-state index contributed by atoms with van der Waals surface area (Å²) in [5, 5.41) is 9.09. The van der Waals surface area contributed by atoms with Crippen molar-refractivity contribution in [3.8, 4) is 0 Å². The van der Waals surface area contributed by atoms with Crippen LogP contribution in [0, 0.1) is 12.7 Å². The summed E-state index contributed by atoms with van der Waals surface area (Å²) in [6, 6.07) is 7.51. The number of amides is 3. The summed E-state index contributed by atoms with van der Waals surface area (Å²) < 4.78 is 18.9. The molecule has 3 aromatic rings. The van der Waals surface area contributed by atoms with Crippen LogP contribution in [0.4, 0.5) is 25.4 Å². The van der Waals surface area contributed by atoms with Crippen LogP contribution in [0.3, 0.4) is 0 Å². The number of pyridine rings is 1. The highest BCUT2D eigenvalue weighted by Gasteiger charge is 2.20. The maximum Gasteiger partial charge on any atom is 0.412 e. The molecular formula is C29H36FN5O4S. The molecule has 1 aromatic carbocycles. The van der Waals surface area contributed by atoms with Gasteiger partial charge in [-0.25, -0.2) is 14.0 Å². The van der Waals surface area contributed by atoms with E-state index in [9.17, 15) is 18.8 Å². The fraction of sp³-hybridized carbons (Fsp3) is 0.379. The second kappa shape index (κ2) is 13.5. The Kier molecular flexibility index (Phi) is 10.4. The lowest BCUT2D eigenvalue weighted by Gasteiger charge is -2.25. The molecule has 0 atom stereocenters. The number of hydrogen-bond donors (Lipinski definition) is 2. The summed E-state index contributed by atoms with van der Waals surface area (Å²) in [6.07, 6.45) is 1.06. The Hall–Kier alpha value is -3.83. The van der Waals surface area contributed by atoms with Crippen molar-refractivity contribution in [2.24, 2.45) is 0 Å². The summed E-state index contributed by atoms with van der Waals surface area (Å²) in [6.45, 7) is 8.34. The molecule has 0 aliphatic heterocycles. The summed E-state index contributed by atoms with van der Waals surface area (Å²) in [5.41, 5.74) is 2.55. The number of ketones is 1. The summed E-state index contributed by atoms with van der Waals surface area (Å²) in [7, 11) is 3.84. The van der Waals surface area contributed by atoms with Crippen molar-refractivity contribution in [2.75, 3.05) is 37.8 Å². The number of aryl methyl sites for hydroxylation is 1. The number of hydrogen-bond acceptors (Lipinski definition) is 7. The van der Waals surface area contributed by atoms with Crippen molar-refractivity contribution in [1.29, 1.82) is 0 Å². The van der Waals surface area contributed by atoms with Gasteiger partial charge in [-0.3, -0.25) is 15.1 Å². The Morgan fingerprint density at radius 2 is 1.80 bits per heavy atom. The van der Waals surface area contributed by atoms with Gasteiger partial charge in [0.05, 0.1) is 5.69 Å². The van der Waals surface area contributed by atoms with Gasteiger partial charge >= 0.3 is 12.1 Å². The van der Waals surface area contributed by atoms with E-state index >= 15 is 0 Å². The summed E-state index contributed by atoms with van der Waals surface area (Å²) in [5.74, 6) is -0.538. The van der Waals surface area contributed by atoms with E-state index in [0.717, 1.165) is 5.56 Å². The number of benzene rings is 1. The van der Waals surface area contributed by atoms with Crippen molar-refractivity contribution < 1.29 is 23.5 Å². The zero-order valence-electron chi connectivity index (χ0n) is 23.7. The molecule has 2 aromatic heterocycles. The van der Waals surface area contributed by atoms with Crippen LogP contribution in [0.5, 0.6) is 0 Å². The zero-order chi connectivity index (χ0) is 29.4. The van der Waals surface area contributed by atoms with Crippen LogP contribution in [0.25, 0.3) is 0 Å². The lowest BCUT2D eigenvalue weighted by molar-refractivity contribution is 0.0635. The number of rotatable bonds is 10. The number of nitrogens with one attached hydrogen (secondary N) is 2. The Morgan fingerprint density at radius 3 is 2.42 bits per heavy atom. The number of nitrogens with zero attached hydrogens (tertiary/aromatic N) is 3. The molecule has 2 N–H and O–H groups in total. The number of likely N-dealkylation sites (N-methyl/N-ethyl adjacent to an activating group) is 1. The molecule has 9 nitrogen and oxygen atoms in total. The van der Waals surface area contributed by atoms with E-state index in [-0.39, 0.29) is 36.3 Å². The minimum atomic E-state index is -0.634. The number of thiophene rings is 1. The molecule has 2 heterocycles. The van der Waals surface area contributed by atoms with Gasteiger partial charge in [-0.15, -0.1) is 11.3 Å². The third-order valence-corrected chi connectivity index (χ3v) is 6.52. The quantitative estimate of drug-likeness (QED) is 0.292. The zero-order valence-corrected chi connectivity index (χ0v) is 24.5. The second-order valence-corrected chi connectivity index (χ2v) is 11.5. The number of halogens is 1. The first-order valence-corrected chi connectivity index (χ1v) is 13.7. The number of carbonyl (C=O) groups is 3. The predicted molar refractivity (Wildman–Crippen MR) is 156 cm³/mol. The lowest BCUT2D eigenvalue weighted by atomic mass is 10.1. The molecule has 3 amide bonds. The second-order valence-electron chi connectivity index (χ2n) is 10.7. The Morgan fingerprint density at radius 1 is 1.05 bits per heavy atom. The number of anilines is 2. The normalized spacial score (nSPS) is 11.3. The van der Waals surface area contributed by atoms with Gasteiger partial charge in [0.2, 0.25) is 0 Å². The number of urea groups is 1. The predicted octanol–water partition coefficient (Wildman–Crippen LogP) is 5.96. The largest absolute Gasteiger partial charge is 0.444 e. The third-order valence-electron chi connectivity index (χ3n) is 5.73. The first-order chi connectivity index (χ1) is 18.8. The number of Topliss-reactive ketones (excluding diaryl/α,β-unsaturated/α-hetero) is 1. The molecule has 0 unspecified atom stereocenters. The molecule has 0 aliphatic carbocycles. The van der Waals surface area contributed by atoms with Crippen molar-refractivity contribution in [3.63, 3.8) is 0 Å². The summed E-state index contributed by atoms with van der Waals surface area (Å²) >= 11 is 1.38. The van der Waals surface area contributed by atoms with Gasteiger partial charge in [0.1, 0.15) is 17.1 Å². The van der Waals surface area contributed by atoms with E-state index in [0.29, 0.717) is 35.6 Å². The molecule has 0 saturated carbocycles. The van der Waals surface area contributed by atoms with E-state index < -0.39 is 11.7 Å². The molecule has 0 radical (unpaired) electrons.